The Balaban J connectivity index is 0.00000243. The van der Waals surface area contributed by atoms with Gasteiger partial charge in [0.25, 0.3) is 0 Å². The number of carbonyl (C=O) groups is 1. The van der Waals surface area contributed by atoms with Crippen LogP contribution in [0.4, 0.5) is 0 Å². The van der Waals surface area contributed by atoms with Crippen molar-refractivity contribution >= 4 is 18.3 Å². The molecule has 2 N–H and O–H groups in total. The minimum Gasteiger partial charge on any atom is -0.493 e. The summed E-state index contributed by atoms with van der Waals surface area (Å²) >= 11 is 0. The fraction of sp³-hybridized carbons (Fsp3) is 0.474. The second kappa shape index (κ2) is 9.05. The van der Waals surface area contributed by atoms with E-state index < -0.39 is 6.04 Å². The van der Waals surface area contributed by atoms with Crippen molar-refractivity contribution in [2.45, 2.75) is 32.4 Å². The lowest BCUT2D eigenvalue weighted by Crippen LogP contribution is -2.35. The van der Waals surface area contributed by atoms with Gasteiger partial charge >= 0.3 is 0 Å². The fourth-order valence-electron chi connectivity index (χ4n) is 2.76. The summed E-state index contributed by atoms with van der Waals surface area (Å²) in [5, 5.41) is 10.2. The second-order valence-electron chi connectivity index (χ2n) is 6.75. The maximum Gasteiger partial charge on any atom is 0.242 e. The Labute approximate surface area is 160 Å². The molecule has 1 heterocycles. The molecule has 1 aromatic carbocycles. The predicted molar refractivity (Wildman–Crippen MR) is 104 cm³/mol. The van der Waals surface area contributed by atoms with Gasteiger partial charge in [-0.15, -0.1) is 12.4 Å². The van der Waals surface area contributed by atoms with Crippen LogP contribution in [0.15, 0.2) is 30.6 Å². The van der Waals surface area contributed by atoms with Crippen molar-refractivity contribution < 1.29 is 9.53 Å². The lowest BCUT2D eigenvalue weighted by Gasteiger charge is -2.16. The number of likely N-dealkylation sites (N-methyl/N-ethyl adjacent to an activating group) is 1. The van der Waals surface area contributed by atoms with Gasteiger partial charge in [-0.25, -0.2) is 0 Å². The molecular weight excluding hydrogens is 352 g/mol. The Morgan fingerprint density at radius 2 is 2.19 bits per heavy atom. The first-order valence-corrected chi connectivity index (χ1v) is 8.72. The Kier molecular flexibility index (Phi) is 7.06. The van der Waals surface area contributed by atoms with E-state index in [1.165, 1.54) is 12.8 Å². The van der Waals surface area contributed by atoms with Crippen molar-refractivity contribution in [2.24, 2.45) is 13.0 Å². The van der Waals surface area contributed by atoms with E-state index in [0.717, 1.165) is 29.0 Å². The lowest BCUT2D eigenvalue weighted by atomic mass is 10.1. The predicted octanol–water partition coefficient (Wildman–Crippen LogP) is 2.52. The Hall–Kier alpha value is -2.05. The molecule has 0 radical (unpaired) electrons. The van der Waals surface area contributed by atoms with Gasteiger partial charge in [0.15, 0.2) is 0 Å². The summed E-state index contributed by atoms with van der Waals surface area (Å²) in [6.07, 6.45) is 6.06. The van der Waals surface area contributed by atoms with E-state index in [1.807, 2.05) is 38.4 Å². The number of aryl methyl sites for hydroxylation is 2. The number of nitrogens with one attached hydrogen (secondary N) is 2. The van der Waals surface area contributed by atoms with Crippen LogP contribution in [0.25, 0.3) is 0 Å². The van der Waals surface area contributed by atoms with E-state index in [0.29, 0.717) is 12.5 Å². The van der Waals surface area contributed by atoms with E-state index in [9.17, 15) is 4.79 Å². The highest BCUT2D eigenvalue weighted by molar-refractivity contribution is 5.85. The van der Waals surface area contributed by atoms with Gasteiger partial charge in [-0.2, -0.15) is 5.10 Å². The third-order valence-corrected chi connectivity index (χ3v) is 4.46. The summed E-state index contributed by atoms with van der Waals surface area (Å²) in [6.45, 7) is 3.25. The molecule has 1 aliphatic carbocycles. The molecule has 1 atom stereocenters. The van der Waals surface area contributed by atoms with E-state index in [4.69, 9.17) is 4.74 Å². The lowest BCUT2D eigenvalue weighted by molar-refractivity contribution is -0.123. The molecule has 142 valence electrons. The minimum absolute atomic E-state index is 0. The summed E-state index contributed by atoms with van der Waals surface area (Å²) in [5.74, 6) is 1.49. The van der Waals surface area contributed by atoms with Crippen molar-refractivity contribution in [3.63, 3.8) is 0 Å². The smallest absolute Gasteiger partial charge is 0.242 e. The van der Waals surface area contributed by atoms with E-state index in [2.05, 4.69) is 15.7 Å². The van der Waals surface area contributed by atoms with Crippen molar-refractivity contribution in [1.82, 2.24) is 20.4 Å². The van der Waals surface area contributed by atoms with Crippen molar-refractivity contribution in [1.29, 1.82) is 0 Å². The molecule has 1 amide bonds. The van der Waals surface area contributed by atoms with Crippen LogP contribution in [-0.4, -0.2) is 29.3 Å². The number of benzene rings is 1. The number of carbonyl (C=O) groups excluding carboxylic acids is 1. The third-order valence-electron chi connectivity index (χ3n) is 4.46. The monoisotopic (exact) mass is 378 g/mol. The van der Waals surface area contributed by atoms with Crippen LogP contribution in [0.1, 0.15) is 35.6 Å². The number of halogens is 1. The highest BCUT2D eigenvalue weighted by Gasteiger charge is 2.23. The number of nitrogens with zero attached hydrogens (tertiary/aromatic N) is 2. The molecule has 1 saturated carbocycles. The van der Waals surface area contributed by atoms with Gasteiger partial charge < -0.3 is 15.4 Å². The number of amides is 1. The maximum atomic E-state index is 12.6. The van der Waals surface area contributed by atoms with E-state index in [-0.39, 0.29) is 18.3 Å². The minimum atomic E-state index is -0.421. The number of hydrogen-bond donors (Lipinski definition) is 2. The summed E-state index contributed by atoms with van der Waals surface area (Å²) in [5.41, 5.74) is 3.00. The van der Waals surface area contributed by atoms with Crippen LogP contribution in [0.5, 0.6) is 5.75 Å². The SMILES string of the molecule is CNC(C(=O)NCc1ccc(C)cc1OCC1CC1)c1cnn(C)c1.Cl. The molecule has 26 heavy (non-hydrogen) atoms. The molecule has 6 nitrogen and oxygen atoms in total. The summed E-state index contributed by atoms with van der Waals surface area (Å²) in [4.78, 5) is 12.6. The molecule has 3 rings (SSSR count). The zero-order valence-corrected chi connectivity index (χ0v) is 16.3. The molecule has 0 spiro atoms. The molecule has 0 saturated heterocycles. The first kappa shape index (κ1) is 20.3. The second-order valence-corrected chi connectivity index (χ2v) is 6.75. The molecule has 0 bridgehead atoms. The highest BCUT2D eigenvalue weighted by Crippen LogP contribution is 2.30. The van der Waals surface area contributed by atoms with E-state index >= 15 is 0 Å². The highest BCUT2D eigenvalue weighted by atomic mass is 35.5. The topological polar surface area (TPSA) is 68.2 Å². The number of rotatable bonds is 8. The molecule has 2 aromatic rings. The average Bonchev–Trinajstić information content (AvgIpc) is 3.33. The van der Waals surface area contributed by atoms with Crippen molar-refractivity contribution in [3.8, 4) is 5.75 Å². The average molecular weight is 379 g/mol. The molecule has 1 fully saturated rings. The van der Waals surface area contributed by atoms with Crippen LogP contribution >= 0.6 is 12.4 Å². The number of ether oxygens (including phenoxy) is 1. The van der Waals surface area contributed by atoms with Gasteiger partial charge in [0.2, 0.25) is 5.91 Å². The maximum absolute atomic E-state index is 12.6. The fourth-order valence-corrected chi connectivity index (χ4v) is 2.76. The van der Waals surface area contributed by atoms with Crippen LogP contribution in [0.3, 0.4) is 0 Å². The molecule has 0 aliphatic heterocycles. The summed E-state index contributed by atoms with van der Waals surface area (Å²) < 4.78 is 7.66. The van der Waals surface area contributed by atoms with Gasteiger partial charge in [-0.3, -0.25) is 9.48 Å². The Bertz CT molecular complexity index is 743. The van der Waals surface area contributed by atoms with Crippen molar-refractivity contribution in [2.75, 3.05) is 13.7 Å². The van der Waals surface area contributed by atoms with Gasteiger partial charge in [-0.05, 0) is 44.4 Å². The molecule has 1 unspecified atom stereocenters. The normalized spacial score (nSPS) is 14.4. The Morgan fingerprint density at radius 1 is 1.42 bits per heavy atom. The van der Waals surface area contributed by atoms with Crippen LogP contribution in [0.2, 0.25) is 0 Å². The molecule has 1 aromatic heterocycles. The Morgan fingerprint density at radius 3 is 2.81 bits per heavy atom. The molecule has 1 aliphatic rings. The zero-order valence-electron chi connectivity index (χ0n) is 15.5. The summed E-state index contributed by atoms with van der Waals surface area (Å²) in [7, 11) is 3.61. The van der Waals surface area contributed by atoms with Crippen LogP contribution in [0, 0.1) is 12.8 Å². The molecular formula is C19H27ClN4O2. The zero-order chi connectivity index (χ0) is 17.8. The van der Waals surface area contributed by atoms with Gasteiger partial charge in [-0.1, -0.05) is 12.1 Å². The largest absolute Gasteiger partial charge is 0.493 e. The third kappa shape index (κ3) is 5.22. The van der Waals surface area contributed by atoms with Crippen molar-refractivity contribution in [3.05, 3.63) is 47.3 Å². The van der Waals surface area contributed by atoms with E-state index in [1.54, 1.807) is 17.9 Å². The van der Waals surface area contributed by atoms with Gasteiger partial charge in [0, 0.05) is 30.9 Å². The van der Waals surface area contributed by atoms with Gasteiger partial charge in [0.05, 0.1) is 12.8 Å². The van der Waals surface area contributed by atoms with Gasteiger partial charge in [0.1, 0.15) is 11.8 Å². The number of aromatic nitrogens is 2. The van der Waals surface area contributed by atoms with Crippen LogP contribution in [-0.2, 0) is 18.4 Å². The quantitative estimate of drug-likeness (QED) is 0.740. The summed E-state index contributed by atoms with van der Waals surface area (Å²) in [6, 6.07) is 5.69. The first-order chi connectivity index (χ1) is 12.1. The van der Waals surface area contributed by atoms with Crippen LogP contribution < -0.4 is 15.4 Å². The standard InChI is InChI=1S/C19H26N4O2.ClH/c1-13-4-7-15(17(8-13)25-12-14-5-6-14)9-21-19(24)18(20-2)16-10-22-23(3)11-16;/h4,7-8,10-11,14,18,20H,5-6,9,12H2,1-3H3,(H,21,24);1H. The number of hydrogen-bond acceptors (Lipinski definition) is 4. The first-order valence-electron chi connectivity index (χ1n) is 8.72. The molecule has 7 heteroatoms.